The van der Waals surface area contributed by atoms with E-state index in [0.29, 0.717) is 0 Å². The molecule has 2 aromatic rings. The van der Waals surface area contributed by atoms with Gasteiger partial charge < -0.3 is 10.1 Å². The number of hydrogen-bond donors (Lipinski definition) is 3. The molecule has 146 valence electrons. The number of amides is 2. The van der Waals surface area contributed by atoms with E-state index in [4.69, 9.17) is 27.9 Å². The molecule has 2 amide bonds. The van der Waals surface area contributed by atoms with Gasteiger partial charge in [-0.25, -0.2) is 18.2 Å². The first-order valence-corrected chi connectivity index (χ1v) is 10.8. The lowest BCUT2D eigenvalue weighted by atomic mass is 10.2. The fraction of sp³-hybridized carbons (Fsp3) is 0.214. The van der Waals surface area contributed by atoms with Crippen LogP contribution < -0.4 is 15.4 Å². The Morgan fingerprint density at radius 3 is 2.41 bits per heavy atom. The van der Waals surface area contributed by atoms with Crippen LogP contribution in [0, 0.1) is 0 Å². The maximum atomic E-state index is 12.4. The molecule has 0 fully saturated rings. The number of hydrogen-bond acceptors (Lipinski definition) is 7. The fourth-order valence-electron chi connectivity index (χ4n) is 1.87. The van der Waals surface area contributed by atoms with Crippen LogP contribution in [0.5, 0.6) is 0 Å². The molecule has 0 atom stereocenters. The zero-order valence-corrected chi connectivity index (χ0v) is 17.1. The summed E-state index contributed by atoms with van der Waals surface area (Å²) in [6.45, 7) is 1.83. The number of aromatic nitrogens is 1. The molecule has 2 rings (SSSR count). The van der Waals surface area contributed by atoms with Crippen molar-refractivity contribution in [1.29, 1.82) is 0 Å². The normalized spacial score (nSPS) is 11.0. The number of carbonyl (C=O) groups is 2. The molecule has 27 heavy (non-hydrogen) atoms. The van der Waals surface area contributed by atoms with Crippen molar-refractivity contribution in [3.63, 3.8) is 0 Å². The average molecular weight is 453 g/mol. The lowest BCUT2D eigenvalue weighted by Gasteiger charge is -2.12. The molecule has 9 nitrogen and oxygen atoms in total. The summed E-state index contributed by atoms with van der Waals surface area (Å²) in [5.74, 6) is -0.626. The second-order valence-corrected chi connectivity index (χ2v) is 8.44. The van der Waals surface area contributed by atoms with Gasteiger partial charge in [-0.2, -0.15) is 0 Å². The Morgan fingerprint density at radius 2 is 1.85 bits per heavy atom. The summed E-state index contributed by atoms with van der Waals surface area (Å²) in [6.07, 6.45) is 0.244. The molecule has 0 aliphatic rings. The Hall–Kier alpha value is -2.08. The van der Waals surface area contributed by atoms with Gasteiger partial charge in [0.25, 0.3) is 5.91 Å². The van der Waals surface area contributed by atoms with Crippen LogP contribution in [-0.4, -0.2) is 38.3 Å². The lowest BCUT2D eigenvalue weighted by Crippen LogP contribution is -2.18. The molecule has 1 heterocycles. The van der Waals surface area contributed by atoms with Gasteiger partial charge in [0, 0.05) is 5.69 Å². The van der Waals surface area contributed by atoms with Crippen LogP contribution in [-0.2, 0) is 14.8 Å². The number of rotatable bonds is 6. The largest absolute Gasteiger partial charge is 0.450 e. The first-order valence-electron chi connectivity index (χ1n) is 7.26. The first-order chi connectivity index (χ1) is 12.6. The van der Waals surface area contributed by atoms with Gasteiger partial charge in [-0.1, -0.05) is 23.2 Å². The number of ether oxygens (including phenoxy) is 1. The minimum Gasteiger partial charge on any atom is -0.450 e. The molecule has 0 aliphatic heterocycles. The second-order valence-electron chi connectivity index (χ2n) is 5.02. The van der Waals surface area contributed by atoms with Crippen molar-refractivity contribution in [3.05, 3.63) is 33.4 Å². The molecular formula is C14H14Cl2N4O5S2. The molecule has 0 saturated heterocycles. The van der Waals surface area contributed by atoms with Gasteiger partial charge in [0.1, 0.15) is 5.00 Å². The maximum absolute atomic E-state index is 12.4. The van der Waals surface area contributed by atoms with Crippen LogP contribution in [0.25, 0.3) is 0 Å². The Bertz CT molecular complexity index is 955. The standard InChI is InChI=1S/C14H14Cl2N4O5S2/c1-3-25-14(22)19-13-11(17-6-26-13)12(21)18-7-4-8(15)10(9(16)5-7)20-27(2,23)24/h4-6,20H,3H2,1-2H3,(H,18,21)(H,19,22). The summed E-state index contributed by atoms with van der Waals surface area (Å²) in [4.78, 5) is 27.8. The predicted molar refractivity (Wildman–Crippen MR) is 106 cm³/mol. The number of nitrogens with zero attached hydrogens (tertiary/aromatic N) is 1. The number of benzene rings is 1. The van der Waals surface area contributed by atoms with Gasteiger partial charge in [0.2, 0.25) is 10.0 Å². The van der Waals surface area contributed by atoms with Gasteiger partial charge >= 0.3 is 6.09 Å². The van der Waals surface area contributed by atoms with E-state index >= 15 is 0 Å². The Balaban J connectivity index is 2.20. The molecule has 0 aliphatic carbocycles. The van der Waals surface area contributed by atoms with E-state index in [9.17, 15) is 18.0 Å². The summed E-state index contributed by atoms with van der Waals surface area (Å²) >= 11 is 13.1. The van der Waals surface area contributed by atoms with Crippen LogP contribution in [0.2, 0.25) is 10.0 Å². The number of anilines is 3. The smallest absolute Gasteiger partial charge is 0.412 e. The molecular weight excluding hydrogens is 439 g/mol. The van der Waals surface area contributed by atoms with Crippen molar-refractivity contribution in [2.75, 3.05) is 28.2 Å². The Labute approximate surface area is 169 Å². The summed E-state index contributed by atoms with van der Waals surface area (Å²) in [7, 11) is -3.58. The van der Waals surface area contributed by atoms with Crippen molar-refractivity contribution >= 4 is 72.9 Å². The molecule has 1 aromatic heterocycles. The third kappa shape index (κ3) is 5.96. The zero-order chi connectivity index (χ0) is 20.2. The molecule has 0 unspecified atom stereocenters. The molecule has 0 radical (unpaired) electrons. The van der Waals surface area contributed by atoms with Gasteiger partial charge in [-0.05, 0) is 19.1 Å². The zero-order valence-electron chi connectivity index (χ0n) is 14.0. The monoisotopic (exact) mass is 452 g/mol. The van der Waals surface area contributed by atoms with Crippen molar-refractivity contribution in [1.82, 2.24) is 4.98 Å². The van der Waals surface area contributed by atoms with Gasteiger partial charge in [-0.3, -0.25) is 14.8 Å². The van der Waals surface area contributed by atoms with Gasteiger partial charge in [-0.15, -0.1) is 11.3 Å². The topological polar surface area (TPSA) is 126 Å². The summed E-state index contributed by atoms with van der Waals surface area (Å²) in [5.41, 5.74) is 1.56. The predicted octanol–water partition coefficient (Wildman–Crippen LogP) is 3.64. The van der Waals surface area contributed by atoms with E-state index < -0.39 is 22.0 Å². The molecule has 1 aromatic carbocycles. The minimum absolute atomic E-state index is 0.00263. The van der Waals surface area contributed by atoms with Crippen LogP contribution in [0.1, 0.15) is 17.4 Å². The van der Waals surface area contributed by atoms with E-state index in [-0.39, 0.29) is 38.7 Å². The van der Waals surface area contributed by atoms with E-state index in [1.807, 2.05) is 0 Å². The SMILES string of the molecule is CCOC(=O)Nc1scnc1C(=O)Nc1cc(Cl)c(NS(C)(=O)=O)c(Cl)c1. The summed E-state index contributed by atoms with van der Waals surface area (Å²) < 4.78 is 29.6. The van der Waals surface area contributed by atoms with Crippen LogP contribution in [0.4, 0.5) is 21.2 Å². The molecule has 13 heteroatoms. The van der Waals surface area contributed by atoms with Crippen LogP contribution in [0.15, 0.2) is 17.6 Å². The van der Waals surface area contributed by atoms with Gasteiger partial charge in [0.15, 0.2) is 5.69 Å². The number of halogens is 2. The van der Waals surface area contributed by atoms with Crippen LogP contribution in [0.3, 0.4) is 0 Å². The van der Waals surface area contributed by atoms with Crippen molar-refractivity contribution < 1.29 is 22.7 Å². The van der Waals surface area contributed by atoms with Crippen molar-refractivity contribution in [2.45, 2.75) is 6.92 Å². The molecule has 0 saturated carbocycles. The van der Waals surface area contributed by atoms with Crippen molar-refractivity contribution in [2.24, 2.45) is 0 Å². The van der Waals surface area contributed by atoms with E-state index in [2.05, 4.69) is 20.3 Å². The quantitative estimate of drug-likeness (QED) is 0.613. The highest BCUT2D eigenvalue weighted by atomic mass is 35.5. The highest BCUT2D eigenvalue weighted by Gasteiger charge is 2.19. The highest BCUT2D eigenvalue weighted by Crippen LogP contribution is 2.34. The third-order valence-corrected chi connectivity index (χ3v) is 4.77. The molecule has 3 N–H and O–H groups in total. The van der Waals surface area contributed by atoms with Crippen molar-refractivity contribution in [3.8, 4) is 0 Å². The lowest BCUT2D eigenvalue weighted by molar-refractivity contribution is 0.102. The highest BCUT2D eigenvalue weighted by molar-refractivity contribution is 7.92. The second kappa shape index (κ2) is 8.74. The number of thiazole rings is 1. The molecule has 0 spiro atoms. The van der Waals surface area contributed by atoms with E-state index in [0.717, 1.165) is 17.6 Å². The fourth-order valence-corrected chi connectivity index (χ4v) is 3.82. The number of sulfonamides is 1. The molecule has 0 bridgehead atoms. The maximum Gasteiger partial charge on any atom is 0.412 e. The van der Waals surface area contributed by atoms with E-state index in [1.165, 1.54) is 17.6 Å². The minimum atomic E-state index is -3.58. The average Bonchev–Trinajstić information content (AvgIpc) is 2.98. The first kappa shape index (κ1) is 21.2. The van der Waals surface area contributed by atoms with Crippen LogP contribution >= 0.6 is 34.5 Å². The third-order valence-electron chi connectivity index (χ3n) is 2.86. The summed E-state index contributed by atoms with van der Waals surface area (Å²) in [5, 5.41) is 5.14. The Kier molecular flexibility index (Phi) is 6.87. The number of carbonyl (C=O) groups excluding carboxylic acids is 2. The van der Waals surface area contributed by atoms with E-state index in [1.54, 1.807) is 6.92 Å². The number of nitrogens with one attached hydrogen (secondary N) is 3. The Morgan fingerprint density at radius 1 is 1.22 bits per heavy atom. The van der Waals surface area contributed by atoms with Gasteiger partial charge in [0.05, 0.1) is 34.1 Å². The summed E-state index contributed by atoms with van der Waals surface area (Å²) in [6, 6.07) is 2.65.